The number of carboxylic acid groups (broad SMARTS) is 1. The lowest BCUT2D eigenvalue weighted by Gasteiger charge is -2.08. The average Bonchev–Trinajstić information content (AvgIpc) is 2.47. The molecule has 0 fully saturated rings. The summed E-state index contributed by atoms with van der Waals surface area (Å²) < 4.78 is 0. The van der Waals surface area contributed by atoms with Gasteiger partial charge in [0.1, 0.15) is 5.75 Å². The molecular weight excluding hydrogens is 254 g/mol. The van der Waals surface area contributed by atoms with E-state index >= 15 is 0 Å². The van der Waals surface area contributed by atoms with Crippen LogP contribution in [0.15, 0.2) is 54.6 Å². The molecule has 4 nitrogen and oxygen atoms in total. The number of carbonyl (C=O) groups is 1. The van der Waals surface area contributed by atoms with Gasteiger partial charge in [0.25, 0.3) is 0 Å². The minimum absolute atomic E-state index is 0.0785. The molecule has 4 heteroatoms. The van der Waals surface area contributed by atoms with E-state index in [0.717, 1.165) is 11.1 Å². The summed E-state index contributed by atoms with van der Waals surface area (Å²) in [6, 6.07) is 16.1. The molecule has 0 spiro atoms. The summed E-state index contributed by atoms with van der Waals surface area (Å²) >= 11 is 0. The SMILES string of the molecule is O=C(O)c1cc(O)c2cccc(-c3ccccc3)c2n1. The largest absolute Gasteiger partial charge is 0.507 e. The summed E-state index contributed by atoms with van der Waals surface area (Å²) in [6.07, 6.45) is 0. The zero-order chi connectivity index (χ0) is 14.1. The van der Waals surface area contributed by atoms with Crippen molar-refractivity contribution in [3.05, 3.63) is 60.3 Å². The van der Waals surface area contributed by atoms with Gasteiger partial charge < -0.3 is 10.2 Å². The number of nitrogens with zero attached hydrogens (tertiary/aromatic N) is 1. The topological polar surface area (TPSA) is 70.4 Å². The number of rotatable bonds is 2. The maximum absolute atomic E-state index is 11.1. The minimum Gasteiger partial charge on any atom is -0.507 e. The van der Waals surface area contributed by atoms with Gasteiger partial charge in [0.15, 0.2) is 5.69 Å². The monoisotopic (exact) mass is 265 g/mol. The number of aromatic carboxylic acids is 1. The third-order valence-electron chi connectivity index (χ3n) is 3.12. The standard InChI is InChI=1S/C16H11NO3/c18-14-9-13(16(19)20)17-15-11(7-4-8-12(14)15)10-5-2-1-3-6-10/h1-9H,(H,17,18)(H,19,20). The fourth-order valence-electron chi connectivity index (χ4n) is 2.19. The second-order valence-corrected chi connectivity index (χ2v) is 4.40. The molecule has 1 aromatic heterocycles. The maximum Gasteiger partial charge on any atom is 0.354 e. The molecule has 0 atom stereocenters. The molecule has 1 heterocycles. The first-order valence-corrected chi connectivity index (χ1v) is 6.08. The number of benzene rings is 2. The Morgan fingerprint density at radius 2 is 1.75 bits per heavy atom. The van der Waals surface area contributed by atoms with Gasteiger partial charge in [0.2, 0.25) is 0 Å². The van der Waals surface area contributed by atoms with Crippen molar-refractivity contribution in [3.8, 4) is 16.9 Å². The van der Waals surface area contributed by atoms with Crippen LogP contribution in [0.25, 0.3) is 22.0 Å². The Bertz CT molecular complexity index is 797. The van der Waals surface area contributed by atoms with Crippen molar-refractivity contribution in [3.63, 3.8) is 0 Å². The van der Waals surface area contributed by atoms with Gasteiger partial charge in [-0.25, -0.2) is 9.78 Å². The van der Waals surface area contributed by atoms with Crippen LogP contribution in [0.1, 0.15) is 10.5 Å². The highest BCUT2D eigenvalue weighted by atomic mass is 16.4. The fourth-order valence-corrected chi connectivity index (χ4v) is 2.19. The molecule has 20 heavy (non-hydrogen) atoms. The van der Waals surface area contributed by atoms with Crippen molar-refractivity contribution in [2.75, 3.05) is 0 Å². The van der Waals surface area contributed by atoms with Crippen LogP contribution < -0.4 is 0 Å². The molecule has 98 valence electrons. The van der Waals surface area contributed by atoms with Gasteiger partial charge in [-0.2, -0.15) is 0 Å². The van der Waals surface area contributed by atoms with Gasteiger partial charge in [0.05, 0.1) is 5.52 Å². The molecular formula is C16H11NO3. The van der Waals surface area contributed by atoms with Crippen LogP contribution in [0.5, 0.6) is 5.75 Å². The Morgan fingerprint density at radius 1 is 1.00 bits per heavy atom. The summed E-state index contributed by atoms with van der Waals surface area (Å²) in [5.74, 6) is -1.24. The van der Waals surface area contributed by atoms with Crippen LogP contribution in [0.2, 0.25) is 0 Å². The fraction of sp³-hybridized carbons (Fsp3) is 0. The smallest absolute Gasteiger partial charge is 0.354 e. The highest BCUT2D eigenvalue weighted by Crippen LogP contribution is 2.32. The Kier molecular flexibility index (Phi) is 2.84. The Hall–Kier alpha value is -2.88. The molecule has 0 saturated heterocycles. The summed E-state index contributed by atoms with van der Waals surface area (Å²) in [6.45, 7) is 0. The molecule has 0 saturated carbocycles. The molecule has 0 aliphatic rings. The number of para-hydroxylation sites is 1. The molecule has 0 radical (unpaired) electrons. The first-order valence-electron chi connectivity index (χ1n) is 6.08. The Morgan fingerprint density at radius 3 is 2.45 bits per heavy atom. The van der Waals surface area contributed by atoms with Crippen molar-refractivity contribution >= 4 is 16.9 Å². The number of pyridine rings is 1. The predicted octanol–water partition coefficient (Wildman–Crippen LogP) is 3.31. The van der Waals surface area contributed by atoms with E-state index in [-0.39, 0.29) is 11.4 Å². The van der Waals surface area contributed by atoms with Gasteiger partial charge >= 0.3 is 5.97 Å². The minimum atomic E-state index is -1.16. The van der Waals surface area contributed by atoms with Gasteiger partial charge in [-0.15, -0.1) is 0 Å². The number of aromatic hydroxyl groups is 1. The number of fused-ring (bicyclic) bond motifs is 1. The van der Waals surface area contributed by atoms with Gasteiger partial charge in [-0.3, -0.25) is 0 Å². The molecule has 3 aromatic rings. The van der Waals surface area contributed by atoms with Crippen LogP contribution in [0, 0.1) is 0 Å². The number of aromatic nitrogens is 1. The summed E-state index contributed by atoms with van der Waals surface area (Å²) in [7, 11) is 0. The maximum atomic E-state index is 11.1. The van der Waals surface area contributed by atoms with Crippen LogP contribution in [0.4, 0.5) is 0 Å². The normalized spacial score (nSPS) is 10.6. The molecule has 2 aromatic carbocycles. The van der Waals surface area contributed by atoms with Gasteiger partial charge in [0, 0.05) is 17.0 Å². The molecule has 3 rings (SSSR count). The van der Waals surface area contributed by atoms with Crippen molar-refractivity contribution in [1.29, 1.82) is 0 Å². The zero-order valence-corrected chi connectivity index (χ0v) is 10.4. The first-order chi connectivity index (χ1) is 9.66. The van der Waals surface area contributed by atoms with E-state index < -0.39 is 5.97 Å². The summed E-state index contributed by atoms with van der Waals surface area (Å²) in [4.78, 5) is 15.2. The van der Waals surface area contributed by atoms with E-state index in [2.05, 4.69) is 4.98 Å². The highest BCUT2D eigenvalue weighted by Gasteiger charge is 2.13. The summed E-state index contributed by atoms with van der Waals surface area (Å²) in [5.41, 5.74) is 2.03. The Balaban J connectivity index is 2.36. The van der Waals surface area contributed by atoms with E-state index in [0.29, 0.717) is 10.9 Å². The van der Waals surface area contributed by atoms with E-state index in [4.69, 9.17) is 5.11 Å². The van der Waals surface area contributed by atoms with E-state index in [1.807, 2.05) is 42.5 Å². The molecule has 0 unspecified atom stereocenters. The lowest BCUT2D eigenvalue weighted by atomic mass is 10.0. The van der Waals surface area contributed by atoms with Crippen molar-refractivity contribution < 1.29 is 15.0 Å². The molecule has 0 amide bonds. The Labute approximate surface area is 115 Å². The third kappa shape index (κ3) is 1.97. The second-order valence-electron chi connectivity index (χ2n) is 4.40. The number of hydrogen-bond donors (Lipinski definition) is 2. The van der Waals surface area contributed by atoms with Crippen LogP contribution >= 0.6 is 0 Å². The van der Waals surface area contributed by atoms with E-state index in [1.165, 1.54) is 6.07 Å². The average molecular weight is 265 g/mol. The predicted molar refractivity (Wildman–Crippen MR) is 75.8 cm³/mol. The second kappa shape index (κ2) is 4.66. The van der Waals surface area contributed by atoms with E-state index in [1.54, 1.807) is 6.07 Å². The number of carboxylic acids is 1. The molecule has 0 bridgehead atoms. The third-order valence-corrected chi connectivity index (χ3v) is 3.12. The molecule has 0 aliphatic carbocycles. The first kappa shape index (κ1) is 12.2. The lowest BCUT2D eigenvalue weighted by Crippen LogP contribution is -2.00. The van der Waals surface area contributed by atoms with Crippen LogP contribution in [0.3, 0.4) is 0 Å². The van der Waals surface area contributed by atoms with Crippen molar-refractivity contribution in [1.82, 2.24) is 4.98 Å². The van der Waals surface area contributed by atoms with Crippen molar-refractivity contribution in [2.24, 2.45) is 0 Å². The van der Waals surface area contributed by atoms with Crippen molar-refractivity contribution in [2.45, 2.75) is 0 Å². The van der Waals surface area contributed by atoms with Crippen LogP contribution in [-0.2, 0) is 0 Å². The summed E-state index contributed by atoms with van der Waals surface area (Å²) in [5, 5.41) is 19.6. The molecule has 2 N–H and O–H groups in total. The highest BCUT2D eigenvalue weighted by molar-refractivity contribution is 5.99. The van der Waals surface area contributed by atoms with Gasteiger partial charge in [-0.05, 0) is 11.6 Å². The zero-order valence-electron chi connectivity index (χ0n) is 10.4. The van der Waals surface area contributed by atoms with Crippen LogP contribution in [-0.4, -0.2) is 21.2 Å². The van der Waals surface area contributed by atoms with E-state index in [9.17, 15) is 9.90 Å². The van der Waals surface area contributed by atoms with Gasteiger partial charge in [-0.1, -0.05) is 42.5 Å². The quantitative estimate of drug-likeness (QED) is 0.745. The molecule has 0 aliphatic heterocycles. The lowest BCUT2D eigenvalue weighted by molar-refractivity contribution is 0.0690. The number of hydrogen-bond acceptors (Lipinski definition) is 3.